The van der Waals surface area contributed by atoms with Gasteiger partial charge in [-0.05, 0) is 52.7 Å². The highest BCUT2D eigenvalue weighted by Crippen LogP contribution is 2.25. The van der Waals surface area contributed by atoms with Crippen molar-refractivity contribution < 1.29 is 19.1 Å². The van der Waals surface area contributed by atoms with Gasteiger partial charge in [-0.15, -0.1) is 0 Å². The van der Waals surface area contributed by atoms with Crippen LogP contribution in [0, 0.1) is 19.4 Å². The van der Waals surface area contributed by atoms with Gasteiger partial charge in [0.05, 0.1) is 0 Å². The van der Waals surface area contributed by atoms with Crippen molar-refractivity contribution in [3.63, 3.8) is 0 Å². The Kier molecular flexibility index (Phi) is 9.24. The Balaban J connectivity index is 3.27. The molecule has 0 aliphatic carbocycles. The minimum Gasteiger partial charge on any atom is -0.444 e. The highest BCUT2D eigenvalue weighted by atomic mass is 32.1. The minimum absolute atomic E-state index is 0.0253. The molecular weight excluding hydrogens is 402 g/mol. The number of rotatable bonds is 7. The first-order valence-corrected chi connectivity index (χ1v) is 10.3. The van der Waals surface area contributed by atoms with Crippen LogP contribution in [0.15, 0.2) is 24.3 Å². The molecule has 0 heterocycles. The quantitative estimate of drug-likeness (QED) is 0.351. The molecule has 0 aliphatic heterocycles. The Hall–Kier alpha value is -2.66. The highest BCUT2D eigenvalue weighted by molar-refractivity contribution is 7.80. The van der Waals surface area contributed by atoms with Gasteiger partial charge in [-0.3, -0.25) is 14.5 Å². The smallest absolute Gasteiger partial charge is 0.408 e. The van der Waals surface area contributed by atoms with Crippen LogP contribution in [-0.2, 0) is 14.3 Å². The van der Waals surface area contributed by atoms with E-state index >= 15 is 0 Å². The maximum Gasteiger partial charge on any atom is 0.408 e. The lowest BCUT2D eigenvalue weighted by Crippen LogP contribution is -2.52. The molecule has 0 spiro atoms. The summed E-state index contributed by atoms with van der Waals surface area (Å²) in [6.07, 6.45) is 4.89. The van der Waals surface area contributed by atoms with Crippen molar-refractivity contribution in [3.8, 4) is 12.5 Å². The molecule has 0 fully saturated rings. The maximum absolute atomic E-state index is 13.2. The van der Waals surface area contributed by atoms with E-state index in [4.69, 9.17) is 11.2 Å². The molecule has 8 heteroatoms. The molecule has 7 nitrogen and oxygen atoms in total. The van der Waals surface area contributed by atoms with Crippen molar-refractivity contribution in [2.75, 3.05) is 5.75 Å². The Morgan fingerprint density at radius 2 is 1.80 bits per heavy atom. The molecule has 2 N–H and O–H groups in total. The molecule has 1 aromatic rings. The van der Waals surface area contributed by atoms with Crippen molar-refractivity contribution in [1.82, 2.24) is 15.5 Å². The molecule has 164 valence electrons. The molecule has 1 rings (SSSR count). The molecule has 3 amide bonds. The van der Waals surface area contributed by atoms with Crippen molar-refractivity contribution in [1.29, 1.82) is 0 Å². The number of hydrogen-bond acceptors (Lipinski definition) is 5. The van der Waals surface area contributed by atoms with Gasteiger partial charge in [-0.25, -0.2) is 4.79 Å². The third kappa shape index (κ3) is 7.30. The Morgan fingerprint density at radius 1 is 1.20 bits per heavy atom. The summed E-state index contributed by atoms with van der Waals surface area (Å²) in [6, 6.07) is 7.21. The van der Waals surface area contributed by atoms with Crippen molar-refractivity contribution >= 4 is 30.5 Å². The number of alkyl carbamates (subject to hydrolysis) is 1. The van der Waals surface area contributed by atoms with Gasteiger partial charge in [-0.2, -0.15) is 12.6 Å². The zero-order valence-electron chi connectivity index (χ0n) is 18.4. The second-order valence-electron chi connectivity index (χ2n) is 8.14. The largest absolute Gasteiger partial charge is 0.444 e. The Morgan fingerprint density at radius 3 is 2.27 bits per heavy atom. The highest BCUT2D eigenvalue weighted by Gasteiger charge is 2.36. The fourth-order valence-electron chi connectivity index (χ4n) is 2.72. The standard InChI is InChI=1S/C22H31N3O4S/c1-8-25(20(27)17(13-30)24-21(28)29-22(5,6)7)18(19(26)23-14(2)3)16-12-10-9-11-15(16)4/h1,9-12,14,17-18,30H,13H2,2-7H3,(H,23,26)(H,24,28). The average molecular weight is 434 g/mol. The third-order valence-corrected chi connectivity index (χ3v) is 4.33. The molecule has 1 aromatic carbocycles. The molecular formula is C22H31N3O4S. The van der Waals surface area contributed by atoms with E-state index in [9.17, 15) is 14.4 Å². The van der Waals surface area contributed by atoms with E-state index in [2.05, 4.69) is 29.3 Å². The molecule has 0 saturated carbocycles. The fourth-order valence-corrected chi connectivity index (χ4v) is 2.97. The average Bonchev–Trinajstić information content (AvgIpc) is 2.62. The van der Waals surface area contributed by atoms with Crippen LogP contribution >= 0.6 is 12.6 Å². The van der Waals surface area contributed by atoms with Crippen LogP contribution < -0.4 is 10.6 Å². The molecule has 0 radical (unpaired) electrons. The second-order valence-corrected chi connectivity index (χ2v) is 8.51. The SMILES string of the molecule is C#CN(C(=O)C(CS)NC(=O)OC(C)(C)C)C(C(=O)NC(C)C)c1ccccc1C. The first kappa shape index (κ1) is 25.4. The Bertz CT molecular complexity index is 811. The molecule has 0 aliphatic rings. The second kappa shape index (κ2) is 10.9. The zero-order chi connectivity index (χ0) is 23.1. The number of nitrogens with zero attached hydrogens (tertiary/aromatic N) is 1. The van der Waals surface area contributed by atoms with Crippen LogP contribution in [0.2, 0.25) is 0 Å². The molecule has 0 aromatic heterocycles. The predicted octanol–water partition coefficient (Wildman–Crippen LogP) is 2.80. The van der Waals surface area contributed by atoms with Crippen molar-refractivity contribution in [3.05, 3.63) is 35.4 Å². The first-order valence-electron chi connectivity index (χ1n) is 9.66. The van der Waals surface area contributed by atoms with Gasteiger partial charge in [0.15, 0.2) is 0 Å². The summed E-state index contributed by atoms with van der Waals surface area (Å²) in [5, 5.41) is 5.29. The van der Waals surface area contributed by atoms with Gasteiger partial charge in [0.25, 0.3) is 5.91 Å². The van der Waals surface area contributed by atoms with E-state index in [1.165, 1.54) is 0 Å². The monoisotopic (exact) mass is 433 g/mol. The number of nitrogens with one attached hydrogen (secondary N) is 2. The summed E-state index contributed by atoms with van der Waals surface area (Å²) in [6.45, 7) is 10.6. The van der Waals surface area contributed by atoms with Crippen LogP contribution in [0.3, 0.4) is 0 Å². The lowest BCUT2D eigenvalue weighted by molar-refractivity contribution is -0.138. The van der Waals surface area contributed by atoms with Gasteiger partial charge in [0.1, 0.15) is 17.7 Å². The van der Waals surface area contributed by atoms with E-state index in [-0.39, 0.29) is 11.8 Å². The number of terminal acetylenes is 1. The lowest BCUT2D eigenvalue weighted by Gasteiger charge is -2.31. The number of benzene rings is 1. The van der Waals surface area contributed by atoms with Crippen LogP contribution in [0.1, 0.15) is 51.8 Å². The maximum atomic E-state index is 13.2. The van der Waals surface area contributed by atoms with Crippen molar-refractivity contribution in [2.45, 2.75) is 65.3 Å². The number of aryl methyl sites for hydroxylation is 1. The summed E-state index contributed by atoms with van der Waals surface area (Å²) in [4.78, 5) is 39.4. The minimum atomic E-state index is -1.07. The molecule has 30 heavy (non-hydrogen) atoms. The van der Waals surface area contributed by atoms with Gasteiger partial charge >= 0.3 is 6.09 Å². The molecule has 0 bridgehead atoms. The molecule has 2 atom stereocenters. The fraction of sp³-hybridized carbons (Fsp3) is 0.500. The predicted molar refractivity (Wildman–Crippen MR) is 120 cm³/mol. The topological polar surface area (TPSA) is 87.7 Å². The summed E-state index contributed by atoms with van der Waals surface area (Å²) in [7, 11) is 0. The first-order chi connectivity index (χ1) is 13.9. The van der Waals surface area contributed by atoms with Gasteiger partial charge in [0, 0.05) is 17.8 Å². The van der Waals surface area contributed by atoms with Crippen LogP contribution in [0.4, 0.5) is 4.79 Å². The van der Waals surface area contributed by atoms with E-state index < -0.39 is 35.6 Å². The number of ether oxygens (including phenoxy) is 1. The van der Waals surface area contributed by atoms with E-state index in [1.807, 2.05) is 32.9 Å². The number of carbonyl (C=O) groups is 3. The van der Waals surface area contributed by atoms with Crippen LogP contribution in [0.25, 0.3) is 0 Å². The van der Waals surface area contributed by atoms with E-state index in [0.29, 0.717) is 5.56 Å². The lowest BCUT2D eigenvalue weighted by atomic mass is 9.98. The summed E-state index contributed by atoms with van der Waals surface area (Å²) < 4.78 is 5.21. The van der Waals surface area contributed by atoms with Gasteiger partial charge < -0.3 is 15.4 Å². The molecule has 2 unspecified atom stereocenters. The zero-order valence-corrected chi connectivity index (χ0v) is 19.2. The normalized spacial score (nSPS) is 13.0. The summed E-state index contributed by atoms with van der Waals surface area (Å²) in [5.74, 6) is -1.07. The third-order valence-electron chi connectivity index (χ3n) is 3.97. The number of carbonyl (C=O) groups excluding carboxylic acids is 3. The Labute approximate surface area is 184 Å². The number of hydrogen-bond donors (Lipinski definition) is 3. The summed E-state index contributed by atoms with van der Waals surface area (Å²) in [5.41, 5.74) is 0.662. The van der Waals surface area contributed by atoms with Crippen LogP contribution in [0.5, 0.6) is 0 Å². The molecule has 0 saturated heterocycles. The number of thiol groups is 1. The van der Waals surface area contributed by atoms with E-state index in [1.54, 1.807) is 32.9 Å². The summed E-state index contributed by atoms with van der Waals surface area (Å²) >= 11 is 4.17. The van der Waals surface area contributed by atoms with Crippen LogP contribution in [-0.4, -0.2) is 46.2 Å². The van der Waals surface area contributed by atoms with Gasteiger partial charge in [-0.1, -0.05) is 30.7 Å². The number of amides is 3. The van der Waals surface area contributed by atoms with Crippen molar-refractivity contribution in [2.24, 2.45) is 0 Å². The van der Waals surface area contributed by atoms with Gasteiger partial charge in [0.2, 0.25) is 5.91 Å². The van der Waals surface area contributed by atoms with E-state index in [0.717, 1.165) is 10.5 Å².